The van der Waals surface area contributed by atoms with Gasteiger partial charge < -0.3 is 26.0 Å². The van der Waals surface area contributed by atoms with Crippen LogP contribution in [0.15, 0.2) is 60.1 Å². The summed E-state index contributed by atoms with van der Waals surface area (Å²) in [6.45, 7) is 0.503. The van der Waals surface area contributed by atoms with Gasteiger partial charge in [0.25, 0.3) is 0 Å². The van der Waals surface area contributed by atoms with Crippen molar-refractivity contribution in [2.45, 2.75) is 13.0 Å². The molecule has 36 heavy (non-hydrogen) atoms. The standard InChI is InChI=1S/C27H23ClN4O3S/c1-31(14-33)25-9-19(28)8-23-18(13-36-27(23)25)12-32-11-17(7-26(34)35)22-3-2-15(6-24(22)32)16-4-20(29)10-21(30)5-16/h2-6,8-11,13-14H,7,12,29-30H2,1H3,(H,34,35). The van der Waals surface area contributed by atoms with Crippen LogP contribution in [0.4, 0.5) is 17.1 Å². The number of amides is 1. The Kier molecular flexibility index (Phi) is 6.07. The van der Waals surface area contributed by atoms with Crippen LogP contribution < -0.4 is 16.4 Å². The van der Waals surface area contributed by atoms with E-state index in [0.717, 1.165) is 55.3 Å². The third-order valence-corrected chi connectivity index (χ3v) is 7.48. The monoisotopic (exact) mass is 518 g/mol. The van der Waals surface area contributed by atoms with Gasteiger partial charge in [0.1, 0.15) is 0 Å². The first-order chi connectivity index (χ1) is 17.2. The number of hydrogen-bond acceptors (Lipinski definition) is 5. The van der Waals surface area contributed by atoms with E-state index in [9.17, 15) is 14.7 Å². The van der Waals surface area contributed by atoms with Crippen molar-refractivity contribution in [3.8, 4) is 11.1 Å². The minimum Gasteiger partial charge on any atom is -0.481 e. The Morgan fingerprint density at radius 1 is 1.06 bits per heavy atom. The Labute approximate surface area is 216 Å². The summed E-state index contributed by atoms with van der Waals surface area (Å²) in [5, 5.41) is 13.9. The molecule has 0 bridgehead atoms. The zero-order chi connectivity index (χ0) is 25.6. The van der Waals surface area contributed by atoms with Gasteiger partial charge in [-0.3, -0.25) is 9.59 Å². The molecule has 0 aliphatic heterocycles. The fourth-order valence-electron chi connectivity index (χ4n) is 4.59. The number of aliphatic carboxylic acids is 1. The summed E-state index contributed by atoms with van der Waals surface area (Å²) in [6, 6.07) is 15.0. The van der Waals surface area contributed by atoms with Crippen molar-refractivity contribution < 1.29 is 14.7 Å². The maximum Gasteiger partial charge on any atom is 0.307 e. The van der Waals surface area contributed by atoms with Gasteiger partial charge in [-0.05, 0) is 64.0 Å². The van der Waals surface area contributed by atoms with Gasteiger partial charge in [-0.25, -0.2) is 0 Å². The number of carboxylic acids is 1. The number of carbonyl (C=O) groups excluding carboxylic acids is 1. The Balaban J connectivity index is 1.65. The number of carbonyl (C=O) groups is 2. The average Bonchev–Trinajstić information content (AvgIpc) is 3.38. The molecule has 182 valence electrons. The SMILES string of the molecule is CN(C=O)c1cc(Cl)cc2c(Cn3cc(CC(=O)O)c4ccc(-c5cc(N)cc(N)c5)cc43)csc12. The number of nitrogens with two attached hydrogens (primary N) is 2. The van der Waals surface area contributed by atoms with E-state index in [4.69, 9.17) is 23.1 Å². The van der Waals surface area contributed by atoms with Crippen molar-refractivity contribution in [1.82, 2.24) is 4.57 Å². The van der Waals surface area contributed by atoms with Gasteiger partial charge in [0.05, 0.1) is 16.8 Å². The van der Waals surface area contributed by atoms with Crippen molar-refractivity contribution in [2.24, 2.45) is 0 Å². The molecule has 3 aromatic carbocycles. The molecule has 9 heteroatoms. The molecule has 1 amide bonds. The summed E-state index contributed by atoms with van der Waals surface area (Å²) in [5.41, 5.74) is 18.4. The predicted molar refractivity (Wildman–Crippen MR) is 148 cm³/mol. The molecular formula is C27H23ClN4O3S. The van der Waals surface area contributed by atoms with E-state index in [2.05, 4.69) is 4.57 Å². The molecule has 0 unspecified atom stereocenters. The Morgan fingerprint density at radius 2 is 1.81 bits per heavy atom. The van der Waals surface area contributed by atoms with Gasteiger partial charge in [0.2, 0.25) is 6.41 Å². The molecule has 5 aromatic rings. The molecule has 0 aliphatic rings. The lowest BCUT2D eigenvalue weighted by Crippen LogP contribution is -2.13. The smallest absolute Gasteiger partial charge is 0.307 e. The number of benzene rings is 3. The number of nitrogens with zero attached hydrogens (tertiary/aromatic N) is 2. The molecule has 5 N–H and O–H groups in total. The molecule has 0 spiro atoms. The minimum atomic E-state index is -0.893. The Hall–Kier alpha value is -4.01. The second-order valence-electron chi connectivity index (χ2n) is 8.75. The number of rotatable bonds is 7. The van der Waals surface area contributed by atoms with Crippen LogP contribution in [0.2, 0.25) is 5.02 Å². The van der Waals surface area contributed by atoms with E-state index in [1.165, 1.54) is 4.90 Å². The van der Waals surface area contributed by atoms with Crippen LogP contribution >= 0.6 is 22.9 Å². The number of aromatic nitrogens is 1. The molecule has 0 saturated heterocycles. The van der Waals surface area contributed by atoms with Crippen molar-refractivity contribution in [1.29, 1.82) is 0 Å². The zero-order valence-electron chi connectivity index (χ0n) is 19.4. The summed E-state index contributed by atoms with van der Waals surface area (Å²) in [4.78, 5) is 24.5. The predicted octanol–water partition coefficient (Wildman–Crippen LogP) is 5.61. The lowest BCUT2D eigenvalue weighted by Gasteiger charge is -2.13. The number of anilines is 3. The van der Waals surface area contributed by atoms with Crippen molar-refractivity contribution in [3.63, 3.8) is 0 Å². The fraction of sp³-hybridized carbons (Fsp3) is 0.111. The molecule has 0 atom stereocenters. The topological polar surface area (TPSA) is 115 Å². The van der Waals surface area contributed by atoms with Gasteiger partial charge in [-0.2, -0.15) is 0 Å². The van der Waals surface area contributed by atoms with E-state index < -0.39 is 5.97 Å². The van der Waals surface area contributed by atoms with Crippen LogP contribution in [-0.2, 0) is 22.6 Å². The summed E-state index contributed by atoms with van der Waals surface area (Å²) < 4.78 is 3.01. The highest BCUT2D eigenvalue weighted by Crippen LogP contribution is 2.38. The van der Waals surface area contributed by atoms with Gasteiger partial charge in [0.15, 0.2) is 0 Å². The molecule has 0 saturated carbocycles. The number of hydrogen-bond donors (Lipinski definition) is 3. The molecule has 2 aromatic heterocycles. The van der Waals surface area contributed by atoms with Crippen LogP contribution in [0.1, 0.15) is 11.1 Å². The number of nitrogen functional groups attached to an aromatic ring is 2. The third kappa shape index (κ3) is 4.36. The second-order valence-corrected chi connectivity index (χ2v) is 10.1. The Morgan fingerprint density at radius 3 is 2.50 bits per heavy atom. The first-order valence-electron chi connectivity index (χ1n) is 11.1. The number of carboxylic acid groups (broad SMARTS) is 1. The van der Waals surface area contributed by atoms with E-state index in [1.54, 1.807) is 30.5 Å². The highest BCUT2D eigenvalue weighted by atomic mass is 35.5. The number of thiophene rings is 1. The summed E-state index contributed by atoms with van der Waals surface area (Å²) in [6.07, 6.45) is 2.56. The zero-order valence-corrected chi connectivity index (χ0v) is 20.9. The van der Waals surface area contributed by atoms with Crippen LogP contribution in [-0.4, -0.2) is 29.1 Å². The lowest BCUT2D eigenvalue weighted by atomic mass is 10.0. The molecule has 0 aliphatic carbocycles. The van der Waals surface area contributed by atoms with E-state index in [0.29, 0.717) is 22.9 Å². The maximum atomic E-state index is 11.6. The first kappa shape index (κ1) is 23.7. The molecule has 5 rings (SSSR count). The van der Waals surface area contributed by atoms with Gasteiger partial charge in [-0.15, -0.1) is 11.3 Å². The highest BCUT2D eigenvalue weighted by Gasteiger charge is 2.17. The summed E-state index contributed by atoms with van der Waals surface area (Å²) >= 11 is 7.94. The molecule has 2 heterocycles. The van der Waals surface area contributed by atoms with Crippen LogP contribution in [0.3, 0.4) is 0 Å². The van der Waals surface area contributed by atoms with Crippen molar-refractivity contribution in [2.75, 3.05) is 23.4 Å². The van der Waals surface area contributed by atoms with Crippen molar-refractivity contribution in [3.05, 3.63) is 76.3 Å². The van der Waals surface area contributed by atoms with Gasteiger partial charge in [-0.1, -0.05) is 23.7 Å². The van der Waals surface area contributed by atoms with Crippen LogP contribution in [0.5, 0.6) is 0 Å². The number of fused-ring (bicyclic) bond motifs is 2. The highest BCUT2D eigenvalue weighted by molar-refractivity contribution is 7.18. The fourth-order valence-corrected chi connectivity index (χ4v) is 5.90. The second kappa shape index (κ2) is 9.22. The van der Waals surface area contributed by atoms with Crippen LogP contribution in [0, 0.1) is 0 Å². The maximum absolute atomic E-state index is 11.6. The average molecular weight is 519 g/mol. The third-order valence-electron chi connectivity index (χ3n) is 6.20. The van der Waals surface area contributed by atoms with Gasteiger partial charge in [0, 0.05) is 52.5 Å². The minimum absolute atomic E-state index is 0.0848. The van der Waals surface area contributed by atoms with Gasteiger partial charge >= 0.3 is 5.97 Å². The largest absolute Gasteiger partial charge is 0.481 e. The van der Waals surface area contributed by atoms with E-state index >= 15 is 0 Å². The van der Waals surface area contributed by atoms with Crippen LogP contribution in [0.25, 0.3) is 32.1 Å². The lowest BCUT2D eigenvalue weighted by molar-refractivity contribution is -0.136. The molecule has 0 radical (unpaired) electrons. The quantitative estimate of drug-likeness (QED) is 0.191. The summed E-state index contributed by atoms with van der Waals surface area (Å²) in [5.74, 6) is -0.893. The normalized spacial score (nSPS) is 11.3. The first-order valence-corrected chi connectivity index (χ1v) is 12.4. The molecule has 7 nitrogen and oxygen atoms in total. The molecule has 0 fully saturated rings. The molecular weight excluding hydrogens is 496 g/mol. The van der Waals surface area contributed by atoms with E-state index in [1.807, 2.05) is 48.0 Å². The Bertz CT molecular complexity index is 1640. The number of halogens is 1. The van der Waals surface area contributed by atoms with E-state index in [-0.39, 0.29) is 6.42 Å². The van der Waals surface area contributed by atoms with Crippen molar-refractivity contribution >= 4 is 73.4 Å². The summed E-state index contributed by atoms with van der Waals surface area (Å²) in [7, 11) is 1.69.